The second-order valence-corrected chi connectivity index (χ2v) is 7.05. The number of hydrogen-bond acceptors (Lipinski definition) is 5. The molecule has 0 bridgehead atoms. The van der Waals surface area contributed by atoms with Gasteiger partial charge in [-0.1, -0.05) is 48.3 Å². The highest BCUT2D eigenvalue weighted by Gasteiger charge is 2.29. The van der Waals surface area contributed by atoms with Crippen LogP contribution in [0.4, 0.5) is 0 Å². The highest BCUT2D eigenvalue weighted by molar-refractivity contribution is 6.39. The number of benzene rings is 1. The van der Waals surface area contributed by atoms with Gasteiger partial charge in [0, 0.05) is 5.56 Å². The maximum absolute atomic E-state index is 12.9. The normalized spacial score (nSPS) is 12.1. The van der Waals surface area contributed by atoms with Crippen LogP contribution in [0.15, 0.2) is 22.7 Å². The third-order valence-electron chi connectivity index (χ3n) is 3.79. The number of aromatic nitrogens is 1. The number of carbonyl (C=O) groups excluding carboxylic acids is 2. The maximum atomic E-state index is 12.9. The van der Waals surface area contributed by atoms with Crippen molar-refractivity contribution in [2.45, 2.75) is 33.2 Å². The number of methoxy groups -OCH3 is 1. The van der Waals surface area contributed by atoms with Crippen LogP contribution in [0, 0.1) is 12.8 Å². The fraction of sp³-hybridized carbons (Fsp3) is 0.389. The largest absolute Gasteiger partial charge is 0.467 e. The van der Waals surface area contributed by atoms with E-state index < -0.39 is 17.9 Å². The lowest BCUT2D eigenvalue weighted by atomic mass is 10.0. The summed E-state index contributed by atoms with van der Waals surface area (Å²) in [5.41, 5.74) is 0.803. The summed E-state index contributed by atoms with van der Waals surface area (Å²) in [5, 5.41) is 7.31. The van der Waals surface area contributed by atoms with Gasteiger partial charge in [-0.3, -0.25) is 4.79 Å². The average Bonchev–Trinajstić information content (AvgIpc) is 2.94. The highest BCUT2D eigenvalue weighted by Crippen LogP contribution is 2.36. The lowest BCUT2D eigenvalue weighted by Crippen LogP contribution is -2.42. The van der Waals surface area contributed by atoms with Crippen LogP contribution in [-0.4, -0.2) is 30.2 Å². The van der Waals surface area contributed by atoms with Gasteiger partial charge in [-0.15, -0.1) is 0 Å². The molecule has 26 heavy (non-hydrogen) atoms. The van der Waals surface area contributed by atoms with E-state index in [1.807, 2.05) is 13.8 Å². The molecule has 2 aromatic rings. The number of nitrogens with zero attached hydrogens (tertiary/aromatic N) is 1. The zero-order valence-corrected chi connectivity index (χ0v) is 16.4. The Morgan fingerprint density at radius 3 is 2.42 bits per heavy atom. The Balaban J connectivity index is 2.41. The van der Waals surface area contributed by atoms with Gasteiger partial charge in [0.15, 0.2) is 0 Å². The first-order chi connectivity index (χ1) is 12.3. The van der Waals surface area contributed by atoms with Gasteiger partial charge in [0.2, 0.25) is 0 Å². The molecule has 1 atom stereocenters. The first kappa shape index (κ1) is 20.3. The molecule has 0 saturated carbocycles. The molecule has 0 radical (unpaired) electrons. The predicted octanol–water partition coefficient (Wildman–Crippen LogP) is 4.27. The van der Waals surface area contributed by atoms with Crippen LogP contribution in [-0.2, 0) is 9.53 Å². The summed E-state index contributed by atoms with van der Waals surface area (Å²) in [6, 6.07) is 4.20. The van der Waals surface area contributed by atoms with Crippen LogP contribution >= 0.6 is 23.2 Å². The number of aryl methyl sites for hydroxylation is 1. The Hall–Kier alpha value is -2.05. The monoisotopic (exact) mass is 398 g/mol. The molecule has 2 rings (SSSR count). The number of carbonyl (C=O) groups is 2. The molecule has 8 heteroatoms. The Morgan fingerprint density at radius 1 is 1.27 bits per heavy atom. The molecule has 1 aromatic carbocycles. The molecule has 1 amide bonds. The van der Waals surface area contributed by atoms with E-state index in [0.29, 0.717) is 27.8 Å². The summed E-state index contributed by atoms with van der Waals surface area (Å²) in [7, 11) is 1.28. The zero-order chi connectivity index (χ0) is 19.4. The highest BCUT2D eigenvalue weighted by atomic mass is 35.5. The van der Waals surface area contributed by atoms with Crippen LogP contribution < -0.4 is 5.32 Å². The minimum Gasteiger partial charge on any atom is -0.467 e. The average molecular weight is 399 g/mol. The molecular weight excluding hydrogens is 379 g/mol. The molecule has 0 aliphatic heterocycles. The van der Waals surface area contributed by atoms with Gasteiger partial charge in [0.25, 0.3) is 5.91 Å². The van der Waals surface area contributed by atoms with Gasteiger partial charge >= 0.3 is 5.97 Å². The number of rotatable bonds is 6. The van der Waals surface area contributed by atoms with Gasteiger partial charge in [-0.25, -0.2) is 4.79 Å². The molecule has 0 aliphatic rings. The van der Waals surface area contributed by atoms with E-state index in [-0.39, 0.29) is 17.2 Å². The number of halogens is 2. The van der Waals surface area contributed by atoms with E-state index in [4.69, 9.17) is 32.5 Å². The van der Waals surface area contributed by atoms with Crippen molar-refractivity contribution < 1.29 is 18.8 Å². The van der Waals surface area contributed by atoms with Crippen LogP contribution in [0.25, 0.3) is 11.3 Å². The molecule has 0 aliphatic carbocycles. The van der Waals surface area contributed by atoms with Crippen molar-refractivity contribution in [2.24, 2.45) is 5.92 Å². The molecule has 6 nitrogen and oxygen atoms in total. The molecule has 1 unspecified atom stereocenters. The van der Waals surface area contributed by atoms with Gasteiger partial charge < -0.3 is 14.6 Å². The van der Waals surface area contributed by atoms with Crippen molar-refractivity contribution in [3.05, 3.63) is 39.6 Å². The smallest absolute Gasteiger partial charge is 0.328 e. The Morgan fingerprint density at radius 2 is 1.88 bits per heavy atom. The van der Waals surface area contributed by atoms with E-state index in [9.17, 15) is 9.59 Å². The number of esters is 1. The fourth-order valence-corrected chi connectivity index (χ4v) is 3.17. The summed E-state index contributed by atoms with van der Waals surface area (Å²) < 4.78 is 9.97. The number of hydrogen-bond donors (Lipinski definition) is 1. The van der Waals surface area contributed by atoms with Crippen molar-refractivity contribution in [2.75, 3.05) is 7.11 Å². The van der Waals surface area contributed by atoms with Crippen LogP contribution in [0.1, 0.15) is 36.4 Å². The van der Waals surface area contributed by atoms with Crippen molar-refractivity contribution in [3.63, 3.8) is 0 Å². The van der Waals surface area contributed by atoms with Crippen molar-refractivity contribution in [1.29, 1.82) is 0 Å². The van der Waals surface area contributed by atoms with Crippen molar-refractivity contribution in [1.82, 2.24) is 10.5 Å². The minimum absolute atomic E-state index is 0.178. The van der Waals surface area contributed by atoms with Gasteiger partial charge in [-0.05, 0) is 31.4 Å². The van der Waals surface area contributed by atoms with E-state index in [1.165, 1.54) is 7.11 Å². The van der Waals surface area contributed by atoms with E-state index in [1.54, 1.807) is 25.1 Å². The van der Waals surface area contributed by atoms with E-state index in [2.05, 4.69) is 10.5 Å². The van der Waals surface area contributed by atoms with E-state index >= 15 is 0 Å². The molecule has 0 fully saturated rings. The molecule has 0 saturated heterocycles. The number of ether oxygens (including phenoxy) is 1. The Kier molecular flexibility index (Phi) is 6.67. The number of amides is 1. The van der Waals surface area contributed by atoms with Gasteiger partial charge in [-0.2, -0.15) is 0 Å². The molecule has 1 heterocycles. The maximum Gasteiger partial charge on any atom is 0.328 e. The summed E-state index contributed by atoms with van der Waals surface area (Å²) in [6.45, 7) is 5.50. The Bertz CT molecular complexity index is 797. The Labute approximate surface area is 161 Å². The van der Waals surface area contributed by atoms with Crippen molar-refractivity contribution >= 4 is 35.1 Å². The summed E-state index contributed by atoms with van der Waals surface area (Å²) in [5.74, 6) is -0.550. The third kappa shape index (κ3) is 4.37. The standard InChI is InChI=1S/C18H20Cl2N2O4/c1-9(2)8-13(18(24)25-4)21-17(23)14-10(3)26-22-16(14)15-11(19)6-5-7-12(15)20/h5-7,9,13H,8H2,1-4H3,(H,21,23). The van der Waals surface area contributed by atoms with Crippen molar-refractivity contribution in [3.8, 4) is 11.3 Å². The first-order valence-electron chi connectivity index (χ1n) is 8.05. The number of nitrogens with one attached hydrogen (secondary N) is 1. The predicted molar refractivity (Wildman–Crippen MR) is 99.4 cm³/mol. The summed E-state index contributed by atoms with van der Waals surface area (Å²) in [4.78, 5) is 24.8. The topological polar surface area (TPSA) is 81.4 Å². The first-order valence-corrected chi connectivity index (χ1v) is 8.81. The SMILES string of the molecule is COC(=O)C(CC(C)C)NC(=O)c1c(-c2c(Cl)cccc2Cl)noc1C. The second-order valence-electron chi connectivity index (χ2n) is 6.24. The molecular formula is C18H20Cl2N2O4. The lowest BCUT2D eigenvalue weighted by molar-refractivity contribution is -0.143. The van der Waals surface area contributed by atoms with E-state index in [0.717, 1.165) is 0 Å². The van der Waals surface area contributed by atoms with Crippen LogP contribution in [0.3, 0.4) is 0 Å². The summed E-state index contributed by atoms with van der Waals surface area (Å²) >= 11 is 12.5. The molecule has 1 aromatic heterocycles. The second kappa shape index (κ2) is 8.56. The molecule has 140 valence electrons. The van der Waals surface area contributed by atoms with Crippen LogP contribution in [0.5, 0.6) is 0 Å². The quantitative estimate of drug-likeness (QED) is 0.734. The van der Waals surface area contributed by atoms with Gasteiger partial charge in [0.1, 0.15) is 23.1 Å². The molecule has 1 N–H and O–H groups in total. The third-order valence-corrected chi connectivity index (χ3v) is 4.42. The lowest BCUT2D eigenvalue weighted by Gasteiger charge is -2.18. The van der Waals surface area contributed by atoms with Gasteiger partial charge in [0.05, 0.1) is 17.2 Å². The zero-order valence-electron chi connectivity index (χ0n) is 14.9. The molecule has 0 spiro atoms. The fourth-order valence-electron chi connectivity index (χ4n) is 2.59. The summed E-state index contributed by atoms with van der Waals surface area (Å²) in [6.07, 6.45) is 0.435. The van der Waals surface area contributed by atoms with Crippen LogP contribution in [0.2, 0.25) is 10.0 Å². The minimum atomic E-state index is -0.781.